The Labute approximate surface area is 82.7 Å². The van der Waals surface area contributed by atoms with Gasteiger partial charge in [-0.15, -0.1) is 0 Å². The normalized spacial score (nSPS) is 16.7. The molecule has 2 heteroatoms. The van der Waals surface area contributed by atoms with Crippen LogP contribution in [-0.2, 0) is 0 Å². The second-order valence-electron chi connectivity index (χ2n) is 3.37. The van der Waals surface area contributed by atoms with Gasteiger partial charge < -0.3 is 5.11 Å². The Morgan fingerprint density at radius 3 is 2.77 bits per heavy atom. The minimum absolute atomic E-state index is 0.254. The van der Waals surface area contributed by atoms with E-state index < -0.39 is 0 Å². The zero-order valence-corrected chi connectivity index (χ0v) is 7.96. The second-order valence-corrected chi connectivity index (χ2v) is 3.78. The summed E-state index contributed by atoms with van der Waals surface area (Å²) in [5.41, 5.74) is 0.732. The fraction of sp³-hybridized carbons (Fsp3) is 0.273. The van der Waals surface area contributed by atoms with E-state index >= 15 is 0 Å². The molecule has 1 aliphatic rings. The lowest BCUT2D eigenvalue weighted by Gasteiger charge is -2.00. The van der Waals surface area contributed by atoms with Crippen molar-refractivity contribution < 1.29 is 5.11 Å². The van der Waals surface area contributed by atoms with Crippen LogP contribution in [0.2, 0.25) is 5.02 Å². The Bertz CT molecular complexity index is 320. The molecule has 0 spiro atoms. The molecule has 0 aliphatic heterocycles. The Kier molecular flexibility index (Phi) is 2.28. The van der Waals surface area contributed by atoms with Gasteiger partial charge in [-0.3, -0.25) is 0 Å². The van der Waals surface area contributed by atoms with Crippen molar-refractivity contribution in [2.24, 2.45) is 5.92 Å². The van der Waals surface area contributed by atoms with E-state index in [9.17, 15) is 5.11 Å². The number of phenolic OH excluding ortho intramolecular Hbond substituents is 1. The molecule has 0 amide bonds. The fourth-order valence-corrected chi connectivity index (χ4v) is 1.44. The van der Waals surface area contributed by atoms with Crippen LogP contribution in [0.5, 0.6) is 5.75 Å². The van der Waals surface area contributed by atoms with Gasteiger partial charge in [-0.05, 0) is 30.9 Å². The van der Waals surface area contributed by atoms with E-state index in [1.54, 1.807) is 18.2 Å². The molecule has 1 aliphatic carbocycles. The summed E-state index contributed by atoms with van der Waals surface area (Å²) < 4.78 is 0. The molecular formula is C11H11ClO. The van der Waals surface area contributed by atoms with Crippen molar-refractivity contribution in [1.29, 1.82) is 0 Å². The molecule has 0 unspecified atom stereocenters. The third kappa shape index (κ3) is 2.04. The van der Waals surface area contributed by atoms with Gasteiger partial charge in [0.1, 0.15) is 5.75 Å². The molecule has 0 atom stereocenters. The molecule has 0 saturated heterocycles. The third-order valence-corrected chi connectivity index (χ3v) is 2.52. The number of halogens is 1. The van der Waals surface area contributed by atoms with E-state index in [2.05, 4.69) is 6.08 Å². The predicted molar refractivity (Wildman–Crippen MR) is 54.9 cm³/mol. The average molecular weight is 195 g/mol. The lowest BCUT2D eigenvalue weighted by Crippen LogP contribution is -1.76. The average Bonchev–Trinajstić information content (AvgIpc) is 2.87. The number of aromatic hydroxyl groups is 1. The summed E-state index contributed by atoms with van der Waals surface area (Å²) in [5.74, 6) is 0.958. The first kappa shape index (κ1) is 8.64. The number of allylic oxidation sites excluding steroid dienone is 1. The van der Waals surface area contributed by atoms with E-state index in [0.717, 1.165) is 5.56 Å². The van der Waals surface area contributed by atoms with E-state index in [4.69, 9.17) is 11.6 Å². The molecule has 1 fully saturated rings. The monoisotopic (exact) mass is 194 g/mol. The van der Waals surface area contributed by atoms with Crippen LogP contribution in [-0.4, -0.2) is 5.11 Å². The van der Waals surface area contributed by atoms with Gasteiger partial charge >= 0.3 is 0 Å². The zero-order chi connectivity index (χ0) is 9.26. The Balaban J connectivity index is 2.26. The Morgan fingerprint density at radius 2 is 2.15 bits per heavy atom. The lowest BCUT2D eigenvalue weighted by atomic mass is 10.1. The third-order valence-electron chi connectivity index (χ3n) is 2.19. The first-order chi connectivity index (χ1) is 6.27. The van der Waals surface area contributed by atoms with Crippen molar-refractivity contribution in [2.75, 3.05) is 0 Å². The topological polar surface area (TPSA) is 20.2 Å². The van der Waals surface area contributed by atoms with Crippen molar-refractivity contribution in [3.63, 3.8) is 0 Å². The quantitative estimate of drug-likeness (QED) is 0.765. The van der Waals surface area contributed by atoms with Crippen molar-refractivity contribution in [3.05, 3.63) is 34.9 Å². The summed E-state index contributed by atoms with van der Waals surface area (Å²) in [4.78, 5) is 0. The van der Waals surface area contributed by atoms with Crippen LogP contribution in [0.3, 0.4) is 0 Å². The minimum Gasteiger partial charge on any atom is -0.507 e. The molecule has 0 bridgehead atoms. The summed E-state index contributed by atoms with van der Waals surface area (Å²) in [5, 5.41) is 10.1. The highest BCUT2D eigenvalue weighted by Crippen LogP contribution is 2.33. The summed E-state index contributed by atoms with van der Waals surface area (Å²) in [6, 6.07) is 5.18. The van der Waals surface area contributed by atoms with Gasteiger partial charge in [0.15, 0.2) is 0 Å². The Hall–Kier alpha value is -0.950. The van der Waals surface area contributed by atoms with E-state index in [-0.39, 0.29) is 5.75 Å². The molecular weight excluding hydrogens is 184 g/mol. The van der Waals surface area contributed by atoms with Crippen LogP contribution in [0.4, 0.5) is 0 Å². The molecule has 1 nitrogen and oxygen atoms in total. The molecule has 2 rings (SSSR count). The maximum atomic E-state index is 9.49. The van der Waals surface area contributed by atoms with Gasteiger partial charge in [0, 0.05) is 5.56 Å². The standard InChI is InChI=1S/C11H11ClO/c12-10-2-1-3-11(13)9(10)7-6-8-4-5-8/h1-3,6-8,13H,4-5H2/b7-6+. The lowest BCUT2D eigenvalue weighted by molar-refractivity contribution is 0.474. The van der Waals surface area contributed by atoms with Crippen LogP contribution in [0.15, 0.2) is 24.3 Å². The van der Waals surface area contributed by atoms with E-state index in [0.29, 0.717) is 10.9 Å². The highest BCUT2D eigenvalue weighted by molar-refractivity contribution is 6.32. The van der Waals surface area contributed by atoms with Crippen LogP contribution in [0.1, 0.15) is 18.4 Å². The van der Waals surface area contributed by atoms with Crippen molar-refractivity contribution >= 4 is 17.7 Å². The summed E-state index contributed by atoms with van der Waals surface area (Å²) in [6.45, 7) is 0. The molecule has 13 heavy (non-hydrogen) atoms. The van der Waals surface area contributed by atoms with E-state index in [1.165, 1.54) is 12.8 Å². The van der Waals surface area contributed by atoms with Gasteiger partial charge in [0.05, 0.1) is 5.02 Å². The molecule has 0 aromatic heterocycles. The summed E-state index contributed by atoms with van der Waals surface area (Å²) >= 11 is 5.92. The highest BCUT2D eigenvalue weighted by atomic mass is 35.5. The van der Waals surface area contributed by atoms with Crippen molar-refractivity contribution in [2.45, 2.75) is 12.8 Å². The predicted octanol–water partition coefficient (Wildman–Crippen LogP) is 3.47. The first-order valence-electron chi connectivity index (χ1n) is 4.43. The van der Waals surface area contributed by atoms with Crippen molar-refractivity contribution in [3.8, 4) is 5.75 Å². The smallest absolute Gasteiger partial charge is 0.124 e. The second kappa shape index (κ2) is 3.43. The molecule has 1 aromatic carbocycles. The van der Waals surface area contributed by atoms with Crippen molar-refractivity contribution in [1.82, 2.24) is 0 Å². The SMILES string of the molecule is Oc1cccc(Cl)c1/C=C/C1CC1. The molecule has 1 saturated carbocycles. The fourth-order valence-electron chi connectivity index (χ4n) is 1.21. The maximum absolute atomic E-state index is 9.49. The molecule has 0 radical (unpaired) electrons. The molecule has 1 aromatic rings. The van der Waals surface area contributed by atoms with Crippen LogP contribution >= 0.6 is 11.6 Å². The number of rotatable bonds is 2. The van der Waals surface area contributed by atoms with Crippen LogP contribution < -0.4 is 0 Å². The van der Waals surface area contributed by atoms with Gasteiger partial charge in [0.2, 0.25) is 0 Å². The zero-order valence-electron chi connectivity index (χ0n) is 7.20. The maximum Gasteiger partial charge on any atom is 0.124 e. The molecule has 1 N–H and O–H groups in total. The van der Waals surface area contributed by atoms with Gasteiger partial charge in [-0.1, -0.05) is 29.8 Å². The number of benzene rings is 1. The number of phenols is 1. The summed E-state index contributed by atoms with van der Waals surface area (Å²) in [6.07, 6.45) is 6.56. The highest BCUT2D eigenvalue weighted by Gasteiger charge is 2.17. The van der Waals surface area contributed by atoms with E-state index in [1.807, 2.05) is 6.08 Å². The molecule has 68 valence electrons. The summed E-state index contributed by atoms with van der Waals surface area (Å²) in [7, 11) is 0. The number of hydrogen-bond donors (Lipinski definition) is 1. The van der Waals surface area contributed by atoms with Crippen LogP contribution in [0, 0.1) is 5.92 Å². The van der Waals surface area contributed by atoms with Gasteiger partial charge in [-0.2, -0.15) is 0 Å². The Morgan fingerprint density at radius 1 is 1.38 bits per heavy atom. The molecule has 0 heterocycles. The largest absolute Gasteiger partial charge is 0.507 e. The first-order valence-corrected chi connectivity index (χ1v) is 4.81. The minimum atomic E-state index is 0.254. The van der Waals surface area contributed by atoms with Crippen LogP contribution in [0.25, 0.3) is 6.08 Å². The number of hydrogen-bond acceptors (Lipinski definition) is 1. The van der Waals surface area contributed by atoms with Gasteiger partial charge in [0.25, 0.3) is 0 Å². The van der Waals surface area contributed by atoms with Gasteiger partial charge in [-0.25, -0.2) is 0 Å².